The summed E-state index contributed by atoms with van der Waals surface area (Å²) in [4.78, 5) is 20.3. The molecule has 3 heterocycles. The van der Waals surface area contributed by atoms with E-state index in [4.69, 9.17) is 27.9 Å². The molecule has 0 bridgehead atoms. The number of carbonyl (C=O) groups excluding carboxylic acids is 1. The zero-order valence-electron chi connectivity index (χ0n) is 15.0. The summed E-state index contributed by atoms with van der Waals surface area (Å²) in [5.41, 5.74) is 2.38. The minimum Gasteiger partial charge on any atom is -0.457 e. The molecule has 0 fully saturated rings. The number of hydrogen-bond acceptors (Lipinski definition) is 6. The van der Waals surface area contributed by atoms with Crippen LogP contribution in [0.15, 0.2) is 18.5 Å². The van der Waals surface area contributed by atoms with Gasteiger partial charge in [0.2, 0.25) is 0 Å². The second kappa shape index (κ2) is 6.65. The number of hydrogen-bond donors (Lipinski definition) is 1. The highest BCUT2D eigenvalue weighted by Crippen LogP contribution is 2.42. The maximum absolute atomic E-state index is 11.8. The number of halogens is 2. The van der Waals surface area contributed by atoms with Gasteiger partial charge in [-0.25, -0.2) is 4.79 Å². The number of rotatable bonds is 4. The Balaban J connectivity index is 1.97. The van der Waals surface area contributed by atoms with Crippen LogP contribution >= 0.6 is 23.2 Å². The van der Waals surface area contributed by atoms with Crippen molar-refractivity contribution in [1.29, 1.82) is 0 Å². The number of benzene rings is 1. The summed E-state index contributed by atoms with van der Waals surface area (Å²) in [7, 11) is 0. The van der Waals surface area contributed by atoms with Gasteiger partial charge in [0.15, 0.2) is 0 Å². The van der Waals surface area contributed by atoms with Gasteiger partial charge < -0.3 is 10.1 Å². The highest BCUT2D eigenvalue weighted by Gasteiger charge is 2.28. The van der Waals surface area contributed by atoms with Gasteiger partial charge in [0, 0.05) is 17.2 Å². The Morgan fingerprint density at radius 2 is 1.96 bits per heavy atom. The molecule has 0 amide bonds. The first-order valence-electron chi connectivity index (χ1n) is 8.53. The fourth-order valence-corrected chi connectivity index (χ4v) is 3.51. The van der Waals surface area contributed by atoms with E-state index in [9.17, 15) is 4.79 Å². The van der Waals surface area contributed by atoms with Crippen LogP contribution in [0.4, 0.5) is 5.82 Å². The predicted molar refractivity (Wildman–Crippen MR) is 103 cm³/mol. The van der Waals surface area contributed by atoms with Crippen LogP contribution in [-0.2, 0) is 11.3 Å². The molecule has 0 radical (unpaired) electrons. The molecule has 7 nitrogen and oxygen atoms in total. The standard InChI is InChI=1S/C18H17Cl2N5O2/c1-8(2)9(3)23-16-13(15(20)24-18-21-7-22-25(16)18)11-5-4-10-12(14(11)19)6-27-17(10)26/h4-5,7-9,23H,6H2,1-3H3. The number of anilines is 1. The molecule has 2 aromatic heterocycles. The third kappa shape index (κ3) is 2.91. The van der Waals surface area contributed by atoms with E-state index in [-0.39, 0.29) is 23.8 Å². The van der Waals surface area contributed by atoms with Gasteiger partial charge in [0.1, 0.15) is 23.9 Å². The molecule has 1 atom stereocenters. The van der Waals surface area contributed by atoms with Crippen molar-refractivity contribution in [2.24, 2.45) is 5.92 Å². The molecule has 1 aliphatic rings. The Morgan fingerprint density at radius 1 is 1.22 bits per heavy atom. The normalized spacial score (nSPS) is 14.5. The Labute approximate surface area is 165 Å². The minimum absolute atomic E-state index is 0.132. The first kappa shape index (κ1) is 18.0. The molecular formula is C18H17Cl2N5O2. The Hall–Kier alpha value is -2.38. The third-order valence-electron chi connectivity index (χ3n) is 4.83. The van der Waals surface area contributed by atoms with Crippen LogP contribution in [-0.4, -0.2) is 31.6 Å². The molecule has 1 aliphatic heterocycles. The van der Waals surface area contributed by atoms with Gasteiger partial charge in [-0.15, -0.1) is 0 Å². The van der Waals surface area contributed by atoms with E-state index in [1.165, 1.54) is 6.33 Å². The van der Waals surface area contributed by atoms with Crippen LogP contribution in [0.25, 0.3) is 16.9 Å². The van der Waals surface area contributed by atoms with Gasteiger partial charge in [-0.2, -0.15) is 19.6 Å². The zero-order chi connectivity index (χ0) is 19.3. The monoisotopic (exact) mass is 405 g/mol. The highest BCUT2D eigenvalue weighted by atomic mass is 35.5. The summed E-state index contributed by atoms with van der Waals surface area (Å²) in [6.45, 7) is 6.44. The van der Waals surface area contributed by atoms with E-state index in [1.807, 2.05) is 0 Å². The van der Waals surface area contributed by atoms with Gasteiger partial charge in [-0.3, -0.25) is 0 Å². The first-order chi connectivity index (χ1) is 12.9. The van der Waals surface area contributed by atoms with Gasteiger partial charge in [0.25, 0.3) is 5.78 Å². The molecule has 0 saturated heterocycles. The van der Waals surface area contributed by atoms with Crippen LogP contribution in [0.3, 0.4) is 0 Å². The van der Waals surface area contributed by atoms with Crippen LogP contribution < -0.4 is 5.32 Å². The second-order valence-electron chi connectivity index (χ2n) is 6.80. The van der Waals surface area contributed by atoms with Crippen molar-refractivity contribution in [2.45, 2.75) is 33.4 Å². The molecule has 4 rings (SSSR count). The molecule has 1 unspecified atom stereocenters. The van der Waals surface area contributed by atoms with E-state index in [1.54, 1.807) is 16.6 Å². The van der Waals surface area contributed by atoms with Crippen molar-refractivity contribution in [3.8, 4) is 11.1 Å². The van der Waals surface area contributed by atoms with Crippen LogP contribution in [0.2, 0.25) is 10.2 Å². The van der Waals surface area contributed by atoms with Crippen molar-refractivity contribution in [3.05, 3.63) is 39.8 Å². The third-order valence-corrected chi connectivity index (χ3v) is 5.53. The zero-order valence-corrected chi connectivity index (χ0v) is 16.5. The summed E-state index contributed by atoms with van der Waals surface area (Å²) in [5.74, 6) is 1.03. The van der Waals surface area contributed by atoms with Crippen LogP contribution in [0, 0.1) is 5.92 Å². The second-order valence-corrected chi connectivity index (χ2v) is 7.54. The van der Waals surface area contributed by atoms with E-state index < -0.39 is 0 Å². The highest BCUT2D eigenvalue weighted by molar-refractivity contribution is 6.37. The van der Waals surface area contributed by atoms with Crippen LogP contribution in [0.1, 0.15) is 36.7 Å². The van der Waals surface area contributed by atoms with E-state index in [2.05, 4.69) is 41.2 Å². The van der Waals surface area contributed by atoms with E-state index in [0.29, 0.717) is 44.8 Å². The van der Waals surface area contributed by atoms with Gasteiger partial charge >= 0.3 is 5.97 Å². The smallest absolute Gasteiger partial charge is 0.338 e. The molecular weight excluding hydrogens is 389 g/mol. The fraction of sp³-hybridized carbons (Fsp3) is 0.333. The number of carbonyl (C=O) groups is 1. The Morgan fingerprint density at radius 3 is 2.70 bits per heavy atom. The van der Waals surface area contributed by atoms with Crippen molar-refractivity contribution in [1.82, 2.24) is 19.6 Å². The molecule has 0 saturated carbocycles. The number of nitrogens with one attached hydrogen (secondary N) is 1. The number of ether oxygens (including phenoxy) is 1. The lowest BCUT2D eigenvalue weighted by Gasteiger charge is -2.22. The van der Waals surface area contributed by atoms with Crippen molar-refractivity contribution < 1.29 is 9.53 Å². The van der Waals surface area contributed by atoms with Crippen molar-refractivity contribution in [2.75, 3.05) is 5.32 Å². The molecule has 1 aromatic carbocycles. The average molecular weight is 406 g/mol. The lowest BCUT2D eigenvalue weighted by Crippen LogP contribution is -2.24. The Kier molecular flexibility index (Phi) is 4.44. The number of fused-ring (bicyclic) bond motifs is 2. The minimum atomic E-state index is -0.374. The van der Waals surface area contributed by atoms with Crippen LogP contribution in [0.5, 0.6) is 0 Å². The van der Waals surface area contributed by atoms with E-state index >= 15 is 0 Å². The molecule has 9 heteroatoms. The van der Waals surface area contributed by atoms with Gasteiger partial charge in [-0.05, 0) is 18.9 Å². The quantitative estimate of drug-likeness (QED) is 0.516. The molecule has 0 spiro atoms. The maximum Gasteiger partial charge on any atom is 0.338 e. The lowest BCUT2D eigenvalue weighted by atomic mass is 10.0. The number of esters is 1. The van der Waals surface area contributed by atoms with Gasteiger partial charge in [-0.1, -0.05) is 43.1 Å². The summed E-state index contributed by atoms with van der Waals surface area (Å²) in [6, 6.07) is 3.58. The predicted octanol–water partition coefficient (Wildman–Crippen LogP) is 4.22. The largest absolute Gasteiger partial charge is 0.457 e. The molecule has 27 heavy (non-hydrogen) atoms. The summed E-state index contributed by atoms with van der Waals surface area (Å²) >= 11 is 13.2. The summed E-state index contributed by atoms with van der Waals surface area (Å²) in [6.07, 6.45) is 1.42. The average Bonchev–Trinajstić information content (AvgIpc) is 3.23. The Bertz CT molecular complexity index is 1060. The van der Waals surface area contributed by atoms with Crippen molar-refractivity contribution >= 4 is 40.8 Å². The van der Waals surface area contributed by atoms with Crippen molar-refractivity contribution in [3.63, 3.8) is 0 Å². The molecule has 3 aromatic rings. The van der Waals surface area contributed by atoms with E-state index in [0.717, 1.165) is 0 Å². The lowest BCUT2D eigenvalue weighted by molar-refractivity contribution is 0.0535. The summed E-state index contributed by atoms with van der Waals surface area (Å²) in [5, 5.41) is 8.40. The SMILES string of the molecule is CC(C)C(C)Nc1c(-c2ccc3c(c2Cl)COC3=O)c(Cl)nc2ncnn12. The molecule has 140 valence electrons. The number of cyclic esters (lactones) is 1. The fourth-order valence-electron chi connectivity index (χ4n) is 2.93. The number of nitrogens with zero attached hydrogens (tertiary/aromatic N) is 4. The topological polar surface area (TPSA) is 81.4 Å². The van der Waals surface area contributed by atoms with Gasteiger partial charge in [0.05, 0.1) is 16.1 Å². The first-order valence-corrected chi connectivity index (χ1v) is 9.28. The maximum atomic E-state index is 11.8. The summed E-state index contributed by atoms with van der Waals surface area (Å²) < 4.78 is 6.70. The molecule has 1 N–H and O–H groups in total. The molecule has 0 aliphatic carbocycles. The number of aromatic nitrogens is 4.